The number of nitrogen functional groups attached to an aromatic ring is 1. The maximum Gasteiger partial charge on any atom is 0.0845 e. The molecule has 0 unspecified atom stereocenters. The molecular formula is C12H11BrN2. The molecule has 2 aromatic rings. The minimum atomic E-state index is 0.665. The zero-order chi connectivity index (χ0) is 10.8. The molecule has 2 N–H and O–H groups in total. The maximum atomic E-state index is 5.64. The van der Waals surface area contributed by atoms with E-state index >= 15 is 0 Å². The molecule has 1 aromatic carbocycles. The number of nitrogens with two attached hydrogens (primary N) is 1. The molecule has 0 bridgehead atoms. The number of rotatable bonds is 1. The van der Waals surface area contributed by atoms with E-state index in [1.54, 1.807) is 6.20 Å². The van der Waals surface area contributed by atoms with Crippen molar-refractivity contribution in [2.75, 3.05) is 5.73 Å². The van der Waals surface area contributed by atoms with Crippen LogP contribution in [0.5, 0.6) is 0 Å². The fraction of sp³-hybridized carbons (Fsp3) is 0.0833. The third-order valence-corrected chi connectivity index (χ3v) is 2.76. The molecule has 0 amide bonds. The Labute approximate surface area is 97.3 Å². The third-order valence-electron chi connectivity index (χ3n) is 2.15. The van der Waals surface area contributed by atoms with Crippen molar-refractivity contribution in [3.8, 4) is 11.3 Å². The molecule has 1 heterocycles. The average molecular weight is 263 g/mol. The average Bonchev–Trinajstić information content (AvgIpc) is 2.17. The van der Waals surface area contributed by atoms with Gasteiger partial charge in [0.05, 0.1) is 17.6 Å². The summed E-state index contributed by atoms with van der Waals surface area (Å²) in [5.74, 6) is 0. The lowest BCUT2D eigenvalue weighted by atomic mass is 10.1. The van der Waals surface area contributed by atoms with Crippen LogP contribution >= 0.6 is 15.9 Å². The zero-order valence-corrected chi connectivity index (χ0v) is 9.95. The monoisotopic (exact) mass is 262 g/mol. The second-order valence-electron chi connectivity index (χ2n) is 3.47. The second kappa shape index (κ2) is 4.03. The summed E-state index contributed by atoms with van der Waals surface area (Å²) in [4.78, 5) is 4.32. The lowest BCUT2D eigenvalue weighted by Crippen LogP contribution is -1.90. The van der Waals surface area contributed by atoms with Crippen LogP contribution in [-0.2, 0) is 0 Å². The Morgan fingerprint density at radius 1 is 1.27 bits per heavy atom. The van der Waals surface area contributed by atoms with Crippen LogP contribution < -0.4 is 5.73 Å². The number of pyridine rings is 1. The van der Waals surface area contributed by atoms with Crippen molar-refractivity contribution in [1.82, 2.24) is 4.98 Å². The number of halogens is 1. The van der Waals surface area contributed by atoms with Crippen LogP contribution in [0.1, 0.15) is 5.56 Å². The van der Waals surface area contributed by atoms with E-state index < -0.39 is 0 Å². The van der Waals surface area contributed by atoms with Gasteiger partial charge in [-0.25, -0.2) is 0 Å². The number of aryl methyl sites for hydroxylation is 1. The Hall–Kier alpha value is -1.35. The van der Waals surface area contributed by atoms with Crippen molar-refractivity contribution in [1.29, 1.82) is 0 Å². The summed E-state index contributed by atoms with van der Waals surface area (Å²) in [5.41, 5.74) is 9.55. The molecule has 0 radical (unpaired) electrons. The van der Waals surface area contributed by atoms with Gasteiger partial charge in [-0.15, -0.1) is 0 Å². The smallest absolute Gasteiger partial charge is 0.0845 e. The predicted molar refractivity (Wildman–Crippen MR) is 66.5 cm³/mol. The van der Waals surface area contributed by atoms with Crippen LogP contribution in [0.4, 0.5) is 5.69 Å². The van der Waals surface area contributed by atoms with Crippen molar-refractivity contribution < 1.29 is 0 Å². The number of hydrogen-bond acceptors (Lipinski definition) is 2. The number of anilines is 1. The minimum Gasteiger partial charge on any atom is -0.397 e. The molecule has 0 aliphatic heterocycles. The van der Waals surface area contributed by atoms with Crippen LogP contribution in [0, 0.1) is 6.92 Å². The van der Waals surface area contributed by atoms with Crippen LogP contribution in [-0.4, -0.2) is 4.98 Å². The van der Waals surface area contributed by atoms with Crippen molar-refractivity contribution in [3.05, 3.63) is 46.6 Å². The first-order valence-electron chi connectivity index (χ1n) is 4.65. The number of nitrogens with zero attached hydrogens (tertiary/aromatic N) is 1. The van der Waals surface area contributed by atoms with Gasteiger partial charge in [0.15, 0.2) is 0 Å². The lowest BCUT2D eigenvalue weighted by molar-refractivity contribution is 1.30. The summed E-state index contributed by atoms with van der Waals surface area (Å²) in [6, 6.07) is 10.1. The molecule has 0 saturated heterocycles. The molecule has 0 aliphatic rings. The molecule has 2 nitrogen and oxygen atoms in total. The first-order chi connectivity index (χ1) is 7.16. The van der Waals surface area contributed by atoms with Gasteiger partial charge in [-0.1, -0.05) is 23.8 Å². The fourth-order valence-corrected chi connectivity index (χ4v) is 2.05. The van der Waals surface area contributed by atoms with Crippen molar-refractivity contribution in [2.45, 2.75) is 6.92 Å². The summed E-state index contributed by atoms with van der Waals surface area (Å²) in [7, 11) is 0. The van der Waals surface area contributed by atoms with E-state index in [0.29, 0.717) is 5.69 Å². The Kier molecular flexibility index (Phi) is 2.73. The molecule has 15 heavy (non-hydrogen) atoms. The van der Waals surface area contributed by atoms with Crippen molar-refractivity contribution in [2.24, 2.45) is 0 Å². The van der Waals surface area contributed by atoms with Gasteiger partial charge < -0.3 is 5.73 Å². The molecule has 0 atom stereocenters. The molecule has 76 valence electrons. The van der Waals surface area contributed by atoms with Gasteiger partial charge in [0, 0.05) is 10.0 Å². The topological polar surface area (TPSA) is 38.9 Å². The Bertz CT molecular complexity index is 495. The molecular weight excluding hydrogens is 252 g/mol. The van der Waals surface area contributed by atoms with Gasteiger partial charge in [0.2, 0.25) is 0 Å². The Morgan fingerprint density at radius 2 is 2.07 bits per heavy atom. The summed E-state index contributed by atoms with van der Waals surface area (Å²) in [6.07, 6.45) is 1.67. The van der Waals surface area contributed by atoms with Gasteiger partial charge >= 0.3 is 0 Å². The highest BCUT2D eigenvalue weighted by molar-refractivity contribution is 9.10. The van der Waals surface area contributed by atoms with E-state index in [-0.39, 0.29) is 0 Å². The Balaban J connectivity index is 2.54. The standard InChI is InChI=1S/C12H11BrN2/c1-8-3-2-4-9(5-8)12-11(13)6-10(14)7-15-12/h2-7H,14H2,1H3. The maximum absolute atomic E-state index is 5.64. The highest BCUT2D eigenvalue weighted by Gasteiger charge is 2.04. The van der Waals surface area contributed by atoms with Gasteiger partial charge in [0.25, 0.3) is 0 Å². The molecule has 1 aromatic heterocycles. The highest BCUT2D eigenvalue weighted by Crippen LogP contribution is 2.27. The largest absolute Gasteiger partial charge is 0.397 e. The second-order valence-corrected chi connectivity index (χ2v) is 4.32. The van der Waals surface area contributed by atoms with Crippen LogP contribution in [0.3, 0.4) is 0 Å². The zero-order valence-electron chi connectivity index (χ0n) is 8.37. The molecule has 0 spiro atoms. The summed E-state index contributed by atoms with van der Waals surface area (Å²) in [5, 5.41) is 0. The van der Waals surface area contributed by atoms with Gasteiger partial charge in [-0.2, -0.15) is 0 Å². The number of benzene rings is 1. The normalized spacial score (nSPS) is 10.3. The van der Waals surface area contributed by atoms with Gasteiger partial charge in [-0.05, 0) is 35.0 Å². The predicted octanol–water partition coefficient (Wildman–Crippen LogP) is 3.40. The summed E-state index contributed by atoms with van der Waals surface area (Å²) >= 11 is 3.47. The van der Waals surface area contributed by atoms with Gasteiger partial charge in [-0.3, -0.25) is 4.98 Å². The van der Waals surface area contributed by atoms with E-state index in [4.69, 9.17) is 5.73 Å². The van der Waals surface area contributed by atoms with Gasteiger partial charge in [0.1, 0.15) is 0 Å². The summed E-state index contributed by atoms with van der Waals surface area (Å²) in [6.45, 7) is 2.06. The Morgan fingerprint density at radius 3 is 2.73 bits per heavy atom. The van der Waals surface area contributed by atoms with E-state index in [1.165, 1.54) is 5.56 Å². The molecule has 3 heteroatoms. The van der Waals surface area contributed by atoms with Crippen LogP contribution in [0.25, 0.3) is 11.3 Å². The third kappa shape index (κ3) is 2.18. The van der Waals surface area contributed by atoms with E-state index in [0.717, 1.165) is 15.7 Å². The first kappa shape index (κ1) is 10.2. The fourth-order valence-electron chi connectivity index (χ4n) is 1.46. The van der Waals surface area contributed by atoms with E-state index in [2.05, 4.69) is 40.0 Å². The van der Waals surface area contributed by atoms with Crippen molar-refractivity contribution in [3.63, 3.8) is 0 Å². The number of aromatic nitrogens is 1. The highest BCUT2D eigenvalue weighted by atomic mass is 79.9. The lowest BCUT2D eigenvalue weighted by Gasteiger charge is -2.05. The van der Waals surface area contributed by atoms with Crippen molar-refractivity contribution >= 4 is 21.6 Å². The molecule has 0 saturated carbocycles. The minimum absolute atomic E-state index is 0.665. The van der Waals surface area contributed by atoms with Crippen LogP contribution in [0.15, 0.2) is 41.0 Å². The molecule has 0 fully saturated rings. The van der Waals surface area contributed by atoms with E-state index in [9.17, 15) is 0 Å². The summed E-state index contributed by atoms with van der Waals surface area (Å²) < 4.78 is 0.924. The number of hydrogen-bond donors (Lipinski definition) is 1. The van der Waals surface area contributed by atoms with Crippen LogP contribution in [0.2, 0.25) is 0 Å². The quantitative estimate of drug-likeness (QED) is 0.856. The van der Waals surface area contributed by atoms with E-state index in [1.807, 2.05) is 18.2 Å². The SMILES string of the molecule is Cc1cccc(-c2ncc(N)cc2Br)c1. The first-order valence-corrected chi connectivity index (χ1v) is 5.44. The molecule has 0 aliphatic carbocycles. The molecule has 2 rings (SSSR count).